The summed E-state index contributed by atoms with van der Waals surface area (Å²) in [5.74, 6) is 0. The number of aliphatic hydroxyl groups is 1. The zero-order chi connectivity index (χ0) is 20.3. The Hall–Kier alpha value is -1.84. The molecule has 0 saturated carbocycles. The number of benzene rings is 1. The van der Waals surface area contributed by atoms with Crippen molar-refractivity contribution in [3.63, 3.8) is 0 Å². The van der Waals surface area contributed by atoms with E-state index in [0.717, 1.165) is 44.8 Å². The summed E-state index contributed by atoms with van der Waals surface area (Å²) in [6, 6.07) is 14.3. The summed E-state index contributed by atoms with van der Waals surface area (Å²) in [7, 11) is -3.58. The van der Waals surface area contributed by atoms with Gasteiger partial charge < -0.3 is 5.11 Å². The maximum Gasteiger partial charge on any atom is 0.243 e. The topological polar surface area (TPSA) is 77.0 Å². The summed E-state index contributed by atoms with van der Waals surface area (Å²) in [6.07, 6.45) is 2.13. The molecule has 2 aliphatic heterocycles. The van der Waals surface area contributed by atoms with Gasteiger partial charge in [-0.3, -0.25) is 14.8 Å². The zero-order valence-electron chi connectivity index (χ0n) is 16.5. The molecule has 2 aliphatic rings. The third-order valence-corrected chi connectivity index (χ3v) is 7.66. The molecule has 2 saturated heterocycles. The lowest BCUT2D eigenvalue weighted by atomic mass is 10.2. The molecule has 3 heterocycles. The first-order valence-corrected chi connectivity index (χ1v) is 11.6. The first-order valence-electron chi connectivity index (χ1n) is 10.1. The summed E-state index contributed by atoms with van der Waals surface area (Å²) in [5.41, 5.74) is 1.06. The highest BCUT2D eigenvalue weighted by molar-refractivity contribution is 7.89. The smallest absolute Gasteiger partial charge is 0.243 e. The van der Waals surface area contributed by atoms with Gasteiger partial charge in [-0.15, -0.1) is 0 Å². The molecule has 156 valence electrons. The van der Waals surface area contributed by atoms with Crippen LogP contribution in [-0.4, -0.2) is 84.0 Å². The summed E-state index contributed by atoms with van der Waals surface area (Å²) in [4.78, 5) is 9.32. The first-order chi connectivity index (χ1) is 14.0. The summed E-state index contributed by atoms with van der Waals surface area (Å²) in [6.45, 7) is 4.83. The fraction of sp³-hybridized carbons (Fsp3) is 0.476. The third-order valence-electron chi connectivity index (χ3n) is 5.81. The Morgan fingerprint density at radius 1 is 0.966 bits per heavy atom. The Morgan fingerprint density at radius 3 is 2.52 bits per heavy atom. The molecule has 0 radical (unpaired) electrons. The first kappa shape index (κ1) is 20.4. The number of hydrogen-bond donors (Lipinski definition) is 1. The van der Waals surface area contributed by atoms with Crippen LogP contribution in [0.25, 0.3) is 0 Å². The number of pyridine rings is 1. The van der Waals surface area contributed by atoms with E-state index in [9.17, 15) is 13.5 Å². The molecule has 4 rings (SSSR count). The van der Waals surface area contributed by atoms with E-state index < -0.39 is 16.1 Å². The fourth-order valence-corrected chi connectivity index (χ4v) is 5.73. The van der Waals surface area contributed by atoms with Crippen molar-refractivity contribution in [3.05, 3.63) is 60.4 Å². The maximum absolute atomic E-state index is 12.9. The molecule has 0 aliphatic carbocycles. The van der Waals surface area contributed by atoms with Crippen LogP contribution in [0.4, 0.5) is 0 Å². The lowest BCUT2D eigenvalue weighted by molar-refractivity contribution is 0.0848. The van der Waals surface area contributed by atoms with E-state index in [-0.39, 0.29) is 17.5 Å². The monoisotopic (exact) mass is 416 g/mol. The van der Waals surface area contributed by atoms with Crippen molar-refractivity contribution in [1.29, 1.82) is 0 Å². The van der Waals surface area contributed by atoms with Gasteiger partial charge in [-0.05, 0) is 43.8 Å². The predicted molar refractivity (Wildman–Crippen MR) is 111 cm³/mol. The number of nitrogens with zero attached hydrogens (tertiary/aromatic N) is 4. The predicted octanol–water partition coefficient (Wildman–Crippen LogP) is 1.02. The summed E-state index contributed by atoms with van der Waals surface area (Å²) < 4.78 is 27.3. The fourth-order valence-electron chi connectivity index (χ4n) is 4.23. The molecular formula is C21H28N4O3S. The van der Waals surface area contributed by atoms with Crippen molar-refractivity contribution < 1.29 is 13.5 Å². The van der Waals surface area contributed by atoms with E-state index in [1.54, 1.807) is 30.3 Å². The minimum atomic E-state index is -3.58. The van der Waals surface area contributed by atoms with Gasteiger partial charge >= 0.3 is 0 Å². The van der Waals surface area contributed by atoms with Crippen molar-refractivity contribution in [2.24, 2.45) is 0 Å². The average Bonchev–Trinajstić information content (AvgIpc) is 2.99. The van der Waals surface area contributed by atoms with Crippen molar-refractivity contribution in [1.82, 2.24) is 19.1 Å². The van der Waals surface area contributed by atoms with Crippen LogP contribution < -0.4 is 0 Å². The molecule has 0 amide bonds. The van der Waals surface area contributed by atoms with E-state index in [0.29, 0.717) is 6.54 Å². The van der Waals surface area contributed by atoms with E-state index in [4.69, 9.17) is 0 Å². The molecule has 0 bridgehead atoms. The normalized spacial score (nSPS) is 25.1. The van der Waals surface area contributed by atoms with Gasteiger partial charge in [0.05, 0.1) is 22.7 Å². The zero-order valence-corrected chi connectivity index (χ0v) is 17.3. The van der Waals surface area contributed by atoms with Crippen molar-refractivity contribution in [3.8, 4) is 0 Å². The van der Waals surface area contributed by atoms with Gasteiger partial charge in [-0.2, -0.15) is 4.31 Å². The molecule has 29 heavy (non-hydrogen) atoms. The van der Waals surface area contributed by atoms with Gasteiger partial charge in [0.25, 0.3) is 0 Å². The van der Waals surface area contributed by atoms with Crippen molar-refractivity contribution in [2.45, 2.75) is 30.0 Å². The Balaban J connectivity index is 1.39. The van der Waals surface area contributed by atoms with Gasteiger partial charge in [0, 0.05) is 38.9 Å². The second kappa shape index (κ2) is 8.89. The van der Waals surface area contributed by atoms with Crippen LogP contribution in [0.2, 0.25) is 0 Å². The van der Waals surface area contributed by atoms with Crippen LogP contribution in [0.3, 0.4) is 0 Å². The van der Waals surface area contributed by atoms with Gasteiger partial charge in [0.1, 0.15) is 0 Å². The Kier molecular flexibility index (Phi) is 6.26. The molecule has 2 atom stereocenters. The summed E-state index contributed by atoms with van der Waals surface area (Å²) >= 11 is 0. The number of aliphatic hydroxyl groups excluding tert-OH is 1. The number of sulfonamides is 1. The second-order valence-corrected chi connectivity index (χ2v) is 9.69. The SMILES string of the molecule is O=S(=O)(c1ccccc1)N1C[C@@H](O)[C@H](N2CCCN(Cc3ccccn3)CC2)C1. The number of β-amino-alcohol motifs (C(OH)–C–C–N with tert-alkyl or cyclic N) is 1. The van der Waals surface area contributed by atoms with Crippen LogP contribution in [0.1, 0.15) is 12.1 Å². The van der Waals surface area contributed by atoms with Crippen LogP contribution >= 0.6 is 0 Å². The molecule has 1 N–H and O–H groups in total. The van der Waals surface area contributed by atoms with E-state index in [1.807, 2.05) is 24.4 Å². The van der Waals surface area contributed by atoms with Crippen LogP contribution in [0.5, 0.6) is 0 Å². The number of aromatic nitrogens is 1. The van der Waals surface area contributed by atoms with Crippen LogP contribution in [-0.2, 0) is 16.6 Å². The summed E-state index contributed by atoms with van der Waals surface area (Å²) in [5, 5.41) is 10.6. The molecule has 1 aromatic heterocycles. The van der Waals surface area contributed by atoms with Gasteiger partial charge in [-0.25, -0.2) is 8.42 Å². The van der Waals surface area contributed by atoms with E-state index in [1.165, 1.54) is 4.31 Å². The van der Waals surface area contributed by atoms with Gasteiger partial charge in [-0.1, -0.05) is 24.3 Å². The van der Waals surface area contributed by atoms with E-state index >= 15 is 0 Å². The molecule has 7 nitrogen and oxygen atoms in total. The quantitative estimate of drug-likeness (QED) is 0.784. The molecule has 0 unspecified atom stereocenters. The maximum atomic E-state index is 12.9. The Morgan fingerprint density at radius 2 is 1.76 bits per heavy atom. The highest BCUT2D eigenvalue weighted by Gasteiger charge is 2.41. The van der Waals surface area contributed by atoms with Gasteiger partial charge in [0.15, 0.2) is 0 Å². The molecule has 1 aromatic carbocycles. The lowest BCUT2D eigenvalue weighted by Gasteiger charge is -2.29. The Labute approximate surface area is 172 Å². The number of rotatable bonds is 5. The van der Waals surface area contributed by atoms with Crippen LogP contribution in [0, 0.1) is 0 Å². The third kappa shape index (κ3) is 4.67. The van der Waals surface area contributed by atoms with Crippen molar-refractivity contribution >= 4 is 10.0 Å². The molecule has 2 fully saturated rings. The average molecular weight is 417 g/mol. The van der Waals surface area contributed by atoms with Crippen molar-refractivity contribution in [2.75, 3.05) is 39.3 Å². The number of hydrogen-bond acceptors (Lipinski definition) is 6. The minimum Gasteiger partial charge on any atom is -0.390 e. The minimum absolute atomic E-state index is 0.149. The molecular weight excluding hydrogens is 388 g/mol. The molecule has 0 spiro atoms. The lowest BCUT2D eigenvalue weighted by Crippen LogP contribution is -2.45. The van der Waals surface area contributed by atoms with E-state index in [2.05, 4.69) is 14.8 Å². The standard InChI is InChI=1S/C21H28N4O3S/c26-21-17-25(29(27,28)19-8-2-1-3-9-19)16-20(21)24-12-6-11-23(13-14-24)15-18-7-4-5-10-22-18/h1-5,7-10,20-21,26H,6,11-17H2/t20-,21-/m1/s1. The Bertz CT molecular complexity index is 895. The molecule has 2 aromatic rings. The highest BCUT2D eigenvalue weighted by Crippen LogP contribution is 2.25. The highest BCUT2D eigenvalue weighted by atomic mass is 32.2. The largest absolute Gasteiger partial charge is 0.390 e. The van der Waals surface area contributed by atoms with Gasteiger partial charge in [0.2, 0.25) is 10.0 Å². The van der Waals surface area contributed by atoms with Crippen LogP contribution in [0.15, 0.2) is 59.6 Å². The second-order valence-electron chi connectivity index (χ2n) is 7.76. The molecule has 8 heteroatoms.